The van der Waals surface area contributed by atoms with Crippen molar-refractivity contribution in [2.45, 2.75) is 55.7 Å². The lowest BCUT2D eigenvalue weighted by Crippen LogP contribution is -2.43. The molecule has 30 heavy (non-hydrogen) atoms. The Bertz CT molecular complexity index is 881. The molecule has 0 unspecified atom stereocenters. The smallest absolute Gasteiger partial charge is 0.395 e. The molecular formula is C19H22F5NO4S. The molecule has 1 aliphatic heterocycles. The van der Waals surface area contributed by atoms with Crippen LogP contribution < -0.4 is 0 Å². The first-order valence-corrected chi connectivity index (χ1v) is 11.2. The summed E-state index contributed by atoms with van der Waals surface area (Å²) in [6, 6.07) is 2.11. The van der Waals surface area contributed by atoms with Gasteiger partial charge in [-0.05, 0) is 50.3 Å². The van der Waals surface area contributed by atoms with Crippen LogP contribution in [0.15, 0.2) is 23.1 Å². The first-order valence-electron chi connectivity index (χ1n) is 9.72. The largest absolute Gasteiger partial charge is 0.462 e. The highest BCUT2D eigenvalue weighted by molar-refractivity contribution is 7.89. The van der Waals surface area contributed by atoms with Crippen LogP contribution in [0.5, 0.6) is 0 Å². The molecule has 1 aromatic carbocycles. The van der Waals surface area contributed by atoms with Crippen LogP contribution in [0, 0.1) is 23.5 Å². The molecule has 1 saturated carbocycles. The minimum absolute atomic E-state index is 0.0262. The van der Waals surface area contributed by atoms with Gasteiger partial charge in [-0.3, -0.25) is 4.79 Å². The van der Waals surface area contributed by atoms with Gasteiger partial charge in [0.2, 0.25) is 10.0 Å². The van der Waals surface area contributed by atoms with E-state index in [1.54, 1.807) is 0 Å². The number of esters is 1. The van der Waals surface area contributed by atoms with Crippen LogP contribution in [-0.2, 0) is 19.6 Å². The fourth-order valence-electron chi connectivity index (χ4n) is 4.00. The number of piperidine rings is 1. The van der Waals surface area contributed by atoms with Gasteiger partial charge in [-0.25, -0.2) is 17.2 Å². The summed E-state index contributed by atoms with van der Waals surface area (Å²) in [6.45, 7) is -0.295. The van der Waals surface area contributed by atoms with E-state index in [0.29, 0.717) is 25.0 Å². The summed E-state index contributed by atoms with van der Waals surface area (Å²) in [5.41, 5.74) is 0. The highest BCUT2D eigenvalue weighted by atomic mass is 32.2. The third-order valence-electron chi connectivity index (χ3n) is 5.69. The molecule has 0 radical (unpaired) electrons. The SMILES string of the molecule is O=C(O[C@H]1CCCC[C@H]1C(F)(F)F)C1CCN(S(=O)(=O)c2cc(F)ccc2F)CC1. The average molecular weight is 455 g/mol. The van der Waals surface area contributed by atoms with E-state index in [0.717, 1.165) is 10.4 Å². The predicted molar refractivity (Wildman–Crippen MR) is 95.7 cm³/mol. The van der Waals surface area contributed by atoms with E-state index in [9.17, 15) is 35.2 Å². The van der Waals surface area contributed by atoms with E-state index in [-0.39, 0.29) is 38.8 Å². The zero-order valence-corrected chi connectivity index (χ0v) is 16.8. The van der Waals surface area contributed by atoms with Gasteiger partial charge in [-0.1, -0.05) is 6.42 Å². The molecular weight excluding hydrogens is 433 g/mol. The van der Waals surface area contributed by atoms with Gasteiger partial charge < -0.3 is 4.74 Å². The number of hydrogen-bond donors (Lipinski definition) is 0. The number of carbonyl (C=O) groups is 1. The predicted octanol–water partition coefficient (Wildman–Crippen LogP) is 4.03. The van der Waals surface area contributed by atoms with Crippen LogP contribution in [0.1, 0.15) is 38.5 Å². The maximum atomic E-state index is 13.9. The molecule has 0 amide bonds. The fraction of sp³-hybridized carbons (Fsp3) is 0.632. The number of hydrogen-bond acceptors (Lipinski definition) is 4. The Morgan fingerprint density at radius 2 is 1.67 bits per heavy atom. The van der Waals surface area contributed by atoms with E-state index in [1.165, 1.54) is 0 Å². The number of alkyl halides is 3. The van der Waals surface area contributed by atoms with E-state index >= 15 is 0 Å². The van der Waals surface area contributed by atoms with Gasteiger partial charge in [0.05, 0.1) is 11.8 Å². The molecule has 2 fully saturated rings. The second-order valence-electron chi connectivity index (χ2n) is 7.66. The second-order valence-corrected chi connectivity index (χ2v) is 9.57. The molecule has 0 aromatic heterocycles. The molecule has 2 atom stereocenters. The number of sulfonamides is 1. The summed E-state index contributed by atoms with van der Waals surface area (Å²) in [5, 5.41) is 0. The third kappa shape index (κ3) is 4.93. The molecule has 5 nitrogen and oxygen atoms in total. The van der Waals surface area contributed by atoms with E-state index in [2.05, 4.69) is 0 Å². The molecule has 1 aliphatic carbocycles. The van der Waals surface area contributed by atoms with E-state index in [4.69, 9.17) is 4.74 Å². The first-order chi connectivity index (χ1) is 14.0. The normalized spacial score (nSPS) is 24.6. The summed E-state index contributed by atoms with van der Waals surface area (Å²) in [6.07, 6.45) is -4.60. The van der Waals surface area contributed by atoms with Crippen LogP contribution in [0.4, 0.5) is 22.0 Å². The minimum Gasteiger partial charge on any atom is -0.462 e. The Hall–Kier alpha value is -1.75. The van der Waals surface area contributed by atoms with Gasteiger partial charge >= 0.3 is 12.1 Å². The summed E-state index contributed by atoms with van der Waals surface area (Å²) < 4.78 is 98.0. The van der Waals surface area contributed by atoms with Crippen molar-refractivity contribution >= 4 is 16.0 Å². The van der Waals surface area contributed by atoms with Gasteiger partial charge in [-0.2, -0.15) is 17.5 Å². The molecule has 3 rings (SSSR count). The average Bonchev–Trinajstić information content (AvgIpc) is 2.69. The van der Waals surface area contributed by atoms with Gasteiger partial charge in [0.15, 0.2) is 0 Å². The standard InChI is InChI=1S/C19H22F5NO4S/c20-13-5-6-15(21)17(11-13)30(27,28)25-9-7-12(8-10-25)18(26)29-16-4-2-1-3-14(16)19(22,23)24/h5-6,11-12,14,16H,1-4,7-10H2/t14-,16+/m1/s1. The van der Waals surface area contributed by atoms with Crippen LogP contribution in [0.2, 0.25) is 0 Å². The van der Waals surface area contributed by atoms with Crippen LogP contribution in [0.25, 0.3) is 0 Å². The molecule has 11 heteroatoms. The molecule has 0 bridgehead atoms. The van der Waals surface area contributed by atoms with Gasteiger partial charge in [0.1, 0.15) is 22.6 Å². The monoisotopic (exact) mass is 455 g/mol. The van der Waals surface area contributed by atoms with Gasteiger partial charge in [-0.15, -0.1) is 0 Å². The van der Waals surface area contributed by atoms with E-state index in [1.807, 2.05) is 0 Å². The zero-order valence-electron chi connectivity index (χ0n) is 16.0. The summed E-state index contributed by atoms with van der Waals surface area (Å²) in [5.74, 6) is -5.20. The van der Waals surface area contributed by atoms with Crippen molar-refractivity contribution in [2.24, 2.45) is 11.8 Å². The minimum atomic E-state index is -4.45. The van der Waals surface area contributed by atoms with E-state index < -0.39 is 56.6 Å². The number of halogens is 5. The maximum Gasteiger partial charge on any atom is 0.395 e. The second kappa shape index (κ2) is 8.78. The first kappa shape index (κ1) is 22.9. The molecule has 2 aliphatic rings. The zero-order chi connectivity index (χ0) is 22.1. The lowest BCUT2D eigenvalue weighted by molar-refractivity contribution is -0.217. The van der Waals surface area contributed by atoms with Crippen LogP contribution in [-0.4, -0.2) is 44.1 Å². The number of nitrogens with zero attached hydrogens (tertiary/aromatic N) is 1. The molecule has 0 N–H and O–H groups in total. The van der Waals surface area contributed by atoms with Crippen molar-refractivity contribution in [3.8, 4) is 0 Å². The third-order valence-corrected chi connectivity index (χ3v) is 7.60. The molecule has 1 saturated heterocycles. The Morgan fingerprint density at radius 3 is 2.30 bits per heavy atom. The van der Waals surface area contributed by atoms with Crippen molar-refractivity contribution in [2.75, 3.05) is 13.1 Å². The molecule has 0 spiro atoms. The summed E-state index contributed by atoms with van der Waals surface area (Å²) in [7, 11) is -4.30. The van der Waals surface area contributed by atoms with Crippen LogP contribution in [0.3, 0.4) is 0 Å². The number of carbonyl (C=O) groups excluding carboxylic acids is 1. The Labute approximate surface area is 171 Å². The van der Waals surface area contributed by atoms with Crippen molar-refractivity contribution < 1.29 is 39.9 Å². The Kier molecular flexibility index (Phi) is 6.71. The van der Waals surface area contributed by atoms with Crippen molar-refractivity contribution in [3.63, 3.8) is 0 Å². The quantitative estimate of drug-likeness (QED) is 0.508. The van der Waals surface area contributed by atoms with Crippen molar-refractivity contribution in [1.82, 2.24) is 4.31 Å². The topological polar surface area (TPSA) is 63.7 Å². The van der Waals surface area contributed by atoms with Crippen molar-refractivity contribution in [3.05, 3.63) is 29.8 Å². The van der Waals surface area contributed by atoms with Crippen LogP contribution >= 0.6 is 0 Å². The molecule has 168 valence electrons. The molecule has 1 heterocycles. The summed E-state index contributed by atoms with van der Waals surface area (Å²) >= 11 is 0. The number of ether oxygens (including phenoxy) is 1. The van der Waals surface area contributed by atoms with Gasteiger partial charge in [0.25, 0.3) is 0 Å². The number of rotatable bonds is 4. The number of benzene rings is 1. The Balaban J connectivity index is 1.62. The Morgan fingerprint density at radius 1 is 1.03 bits per heavy atom. The highest BCUT2D eigenvalue weighted by Gasteiger charge is 2.48. The molecule has 1 aromatic rings. The fourth-order valence-corrected chi connectivity index (χ4v) is 5.55. The highest BCUT2D eigenvalue weighted by Crippen LogP contribution is 2.40. The summed E-state index contributed by atoms with van der Waals surface area (Å²) in [4.78, 5) is 11.6. The van der Waals surface area contributed by atoms with Crippen molar-refractivity contribution in [1.29, 1.82) is 0 Å². The maximum absolute atomic E-state index is 13.9. The lowest BCUT2D eigenvalue weighted by Gasteiger charge is -2.35. The van der Waals surface area contributed by atoms with Gasteiger partial charge in [0, 0.05) is 13.1 Å². The lowest BCUT2D eigenvalue weighted by atomic mass is 9.85.